The predicted octanol–water partition coefficient (Wildman–Crippen LogP) is 0.975. The van der Waals surface area contributed by atoms with Crippen LogP contribution in [0.5, 0.6) is 0 Å². The summed E-state index contributed by atoms with van der Waals surface area (Å²) in [5, 5.41) is 16.8. The highest BCUT2D eigenvalue weighted by molar-refractivity contribution is 5.53. The highest BCUT2D eigenvalue weighted by atomic mass is 16.3. The number of fused-ring (bicyclic) bond motifs is 1. The zero-order valence-electron chi connectivity index (χ0n) is 9.14. The number of aliphatic hydroxyl groups is 1. The molecule has 0 saturated heterocycles. The molecule has 84 valence electrons. The summed E-state index contributed by atoms with van der Waals surface area (Å²) in [4.78, 5) is 4.17. The Balaban J connectivity index is 2.05. The minimum atomic E-state index is -0.132. The van der Waals surface area contributed by atoms with Crippen molar-refractivity contribution < 1.29 is 5.11 Å². The Bertz CT molecular complexity index is 530. The van der Waals surface area contributed by atoms with Gasteiger partial charge in [-0.2, -0.15) is 9.61 Å². The van der Waals surface area contributed by atoms with Gasteiger partial charge in [-0.25, -0.2) is 4.98 Å². The monoisotopic (exact) mass is 218 g/mol. The molecule has 0 bridgehead atoms. The lowest BCUT2D eigenvalue weighted by atomic mass is 10.2. The maximum Gasteiger partial charge on any atom is 0.157 e. The number of aliphatic hydroxyl groups excluding tert-OH is 1. The van der Waals surface area contributed by atoms with Gasteiger partial charge in [0.2, 0.25) is 0 Å². The molecule has 0 aliphatic heterocycles. The van der Waals surface area contributed by atoms with Gasteiger partial charge in [0.05, 0.1) is 12.1 Å². The zero-order valence-corrected chi connectivity index (χ0v) is 9.14. The summed E-state index contributed by atoms with van der Waals surface area (Å²) in [7, 11) is 0. The van der Waals surface area contributed by atoms with E-state index in [-0.39, 0.29) is 12.1 Å². The van der Waals surface area contributed by atoms with E-state index in [2.05, 4.69) is 15.4 Å². The lowest BCUT2D eigenvalue weighted by molar-refractivity contribution is 0.266. The Labute approximate surface area is 93.1 Å². The molecule has 0 unspecified atom stereocenters. The smallest absolute Gasteiger partial charge is 0.157 e. The Morgan fingerprint density at radius 1 is 1.50 bits per heavy atom. The highest BCUT2D eigenvalue weighted by Crippen LogP contribution is 2.38. The number of rotatable bonds is 3. The van der Waals surface area contributed by atoms with E-state index in [9.17, 15) is 5.11 Å². The van der Waals surface area contributed by atoms with Gasteiger partial charge in [0.1, 0.15) is 12.1 Å². The third-order valence-corrected chi connectivity index (χ3v) is 3.07. The molecule has 0 spiro atoms. The Hall–Kier alpha value is -1.62. The molecular formula is C11H14N4O. The summed E-state index contributed by atoms with van der Waals surface area (Å²) in [6.07, 6.45) is 3.56. The number of nitrogens with zero attached hydrogens (tertiary/aromatic N) is 3. The van der Waals surface area contributed by atoms with Crippen molar-refractivity contribution >= 4 is 11.5 Å². The summed E-state index contributed by atoms with van der Waals surface area (Å²) in [5.74, 6) is 0.902. The van der Waals surface area contributed by atoms with Crippen LogP contribution in [0.1, 0.15) is 18.4 Å². The van der Waals surface area contributed by atoms with Gasteiger partial charge in [-0.1, -0.05) is 0 Å². The van der Waals surface area contributed by atoms with Crippen LogP contribution in [0, 0.1) is 6.92 Å². The largest absolute Gasteiger partial charge is 0.394 e. The second kappa shape index (κ2) is 3.18. The molecule has 2 N–H and O–H groups in total. The minimum Gasteiger partial charge on any atom is -0.394 e. The molecule has 1 aliphatic carbocycles. The quantitative estimate of drug-likeness (QED) is 0.806. The lowest BCUT2D eigenvalue weighted by Crippen LogP contribution is -2.27. The molecule has 5 nitrogen and oxygen atoms in total. The molecule has 0 amide bonds. The zero-order chi connectivity index (χ0) is 11.2. The summed E-state index contributed by atoms with van der Waals surface area (Å²) in [6, 6.07) is 4.01. The van der Waals surface area contributed by atoms with E-state index < -0.39 is 0 Å². The highest BCUT2D eigenvalue weighted by Gasteiger charge is 2.42. The Morgan fingerprint density at radius 2 is 2.31 bits per heavy atom. The van der Waals surface area contributed by atoms with Gasteiger partial charge >= 0.3 is 0 Å². The SMILES string of the molecule is Cc1cc(NC2(CO)CC2)n2ncnc2c1. The summed E-state index contributed by atoms with van der Waals surface area (Å²) >= 11 is 0. The molecule has 1 saturated carbocycles. The molecular weight excluding hydrogens is 204 g/mol. The maximum atomic E-state index is 9.30. The second-order valence-electron chi connectivity index (χ2n) is 4.51. The van der Waals surface area contributed by atoms with E-state index in [4.69, 9.17) is 0 Å². The fraction of sp³-hybridized carbons (Fsp3) is 0.455. The van der Waals surface area contributed by atoms with Gasteiger partial charge in [-0.05, 0) is 37.5 Å². The van der Waals surface area contributed by atoms with Crippen LogP contribution in [0.15, 0.2) is 18.5 Å². The first-order valence-electron chi connectivity index (χ1n) is 5.42. The fourth-order valence-electron chi connectivity index (χ4n) is 1.89. The van der Waals surface area contributed by atoms with Crippen LogP contribution in [-0.2, 0) is 0 Å². The molecule has 2 aromatic rings. The van der Waals surface area contributed by atoms with Gasteiger partial charge in [0.25, 0.3) is 0 Å². The van der Waals surface area contributed by atoms with E-state index in [1.807, 2.05) is 19.1 Å². The van der Waals surface area contributed by atoms with Crippen molar-refractivity contribution in [2.75, 3.05) is 11.9 Å². The maximum absolute atomic E-state index is 9.30. The van der Waals surface area contributed by atoms with Crippen molar-refractivity contribution in [1.82, 2.24) is 14.6 Å². The number of aromatic nitrogens is 3. The van der Waals surface area contributed by atoms with Gasteiger partial charge < -0.3 is 10.4 Å². The van der Waals surface area contributed by atoms with Crippen LogP contribution >= 0.6 is 0 Å². The molecule has 3 rings (SSSR count). The molecule has 1 aliphatic rings. The van der Waals surface area contributed by atoms with Gasteiger partial charge in [-0.3, -0.25) is 0 Å². The van der Waals surface area contributed by atoms with Crippen molar-refractivity contribution in [2.24, 2.45) is 0 Å². The first-order chi connectivity index (χ1) is 7.72. The number of hydrogen-bond donors (Lipinski definition) is 2. The average Bonchev–Trinajstić information content (AvgIpc) is 2.87. The number of hydrogen-bond acceptors (Lipinski definition) is 4. The topological polar surface area (TPSA) is 62.5 Å². The van der Waals surface area contributed by atoms with E-state index in [1.54, 1.807) is 10.8 Å². The second-order valence-corrected chi connectivity index (χ2v) is 4.51. The van der Waals surface area contributed by atoms with Crippen LogP contribution in [-0.4, -0.2) is 31.9 Å². The van der Waals surface area contributed by atoms with Crippen molar-refractivity contribution in [3.8, 4) is 0 Å². The standard InChI is InChI=1S/C11H14N4O/c1-8-4-9-12-7-13-15(9)10(5-8)14-11(6-16)2-3-11/h4-5,7,14,16H,2-3,6H2,1H3. The fourth-order valence-corrected chi connectivity index (χ4v) is 1.89. The first kappa shape index (κ1) is 9.59. The van der Waals surface area contributed by atoms with Crippen LogP contribution in [0.25, 0.3) is 5.65 Å². The van der Waals surface area contributed by atoms with Gasteiger partial charge in [0.15, 0.2) is 5.65 Å². The minimum absolute atomic E-state index is 0.132. The first-order valence-corrected chi connectivity index (χ1v) is 5.42. The molecule has 16 heavy (non-hydrogen) atoms. The third-order valence-electron chi connectivity index (χ3n) is 3.07. The van der Waals surface area contributed by atoms with Gasteiger partial charge in [0, 0.05) is 0 Å². The Kier molecular flexibility index (Phi) is 1.91. The van der Waals surface area contributed by atoms with Crippen molar-refractivity contribution in [3.63, 3.8) is 0 Å². The molecule has 1 fully saturated rings. The summed E-state index contributed by atoms with van der Waals surface area (Å²) < 4.78 is 1.77. The van der Waals surface area contributed by atoms with Crippen LogP contribution in [0.4, 0.5) is 5.82 Å². The molecule has 0 radical (unpaired) electrons. The Morgan fingerprint density at radius 3 is 3.00 bits per heavy atom. The van der Waals surface area contributed by atoms with Crippen molar-refractivity contribution in [3.05, 3.63) is 24.0 Å². The van der Waals surface area contributed by atoms with Crippen molar-refractivity contribution in [1.29, 1.82) is 0 Å². The average molecular weight is 218 g/mol. The van der Waals surface area contributed by atoms with E-state index in [0.717, 1.165) is 29.9 Å². The number of anilines is 1. The normalized spacial score (nSPS) is 17.6. The molecule has 0 aromatic carbocycles. The van der Waals surface area contributed by atoms with Crippen LogP contribution in [0.3, 0.4) is 0 Å². The summed E-state index contributed by atoms with van der Waals surface area (Å²) in [6.45, 7) is 2.19. The number of nitrogens with one attached hydrogen (secondary N) is 1. The third kappa shape index (κ3) is 1.44. The lowest BCUT2D eigenvalue weighted by Gasteiger charge is -2.16. The van der Waals surface area contributed by atoms with Gasteiger partial charge in [-0.15, -0.1) is 0 Å². The van der Waals surface area contributed by atoms with E-state index in [1.165, 1.54) is 0 Å². The summed E-state index contributed by atoms with van der Waals surface area (Å²) in [5.41, 5.74) is 1.83. The van der Waals surface area contributed by atoms with E-state index in [0.29, 0.717) is 0 Å². The number of aryl methyl sites for hydroxylation is 1. The molecule has 2 aromatic heterocycles. The van der Waals surface area contributed by atoms with E-state index >= 15 is 0 Å². The van der Waals surface area contributed by atoms with Crippen molar-refractivity contribution in [2.45, 2.75) is 25.3 Å². The number of pyridine rings is 1. The molecule has 5 heteroatoms. The molecule has 2 heterocycles. The van der Waals surface area contributed by atoms with Crippen LogP contribution < -0.4 is 5.32 Å². The molecule has 0 atom stereocenters. The van der Waals surface area contributed by atoms with Crippen LogP contribution in [0.2, 0.25) is 0 Å². The predicted molar refractivity (Wildman–Crippen MR) is 60.4 cm³/mol.